The molecule has 0 spiro atoms. The number of benzene rings is 3. The average molecular weight is 470 g/mol. The summed E-state index contributed by atoms with van der Waals surface area (Å²) < 4.78 is 0. The molecule has 0 saturated carbocycles. The molecule has 6 nitrogen and oxygen atoms in total. The van der Waals surface area contributed by atoms with Gasteiger partial charge in [0.1, 0.15) is 6.04 Å². The molecule has 3 amide bonds. The molecule has 0 unspecified atom stereocenters. The molecule has 0 aromatic heterocycles. The van der Waals surface area contributed by atoms with E-state index in [-0.39, 0.29) is 17.7 Å². The largest absolute Gasteiger partial charge is 0.357 e. The number of hydrogen-bond acceptors (Lipinski definition) is 4. The molecule has 1 N–H and O–H groups in total. The van der Waals surface area contributed by atoms with E-state index < -0.39 is 23.9 Å². The van der Waals surface area contributed by atoms with E-state index >= 15 is 0 Å². The number of amides is 3. The fourth-order valence-corrected chi connectivity index (χ4v) is 5.56. The van der Waals surface area contributed by atoms with Gasteiger partial charge in [0.05, 0.1) is 23.6 Å². The number of imide groups is 1. The van der Waals surface area contributed by atoms with Gasteiger partial charge in [0.15, 0.2) is 0 Å². The fourth-order valence-electron chi connectivity index (χ4n) is 5.44. The molecular formula is C27H20ClN3O3. The molecule has 4 atom stereocenters. The normalized spacial score (nSPS) is 24.6. The highest BCUT2D eigenvalue weighted by atomic mass is 35.5. The summed E-state index contributed by atoms with van der Waals surface area (Å²) in [5.41, 5.74) is 3.03. The predicted molar refractivity (Wildman–Crippen MR) is 130 cm³/mol. The van der Waals surface area contributed by atoms with E-state index in [9.17, 15) is 14.4 Å². The van der Waals surface area contributed by atoms with E-state index in [1.165, 1.54) is 4.90 Å². The topological polar surface area (TPSA) is 69.7 Å². The van der Waals surface area contributed by atoms with Crippen LogP contribution in [0.2, 0.25) is 5.02 Å². The summed E-state index contributed by atoms with van der Waals surface area (Å²) >= 11 is 5.98. The molecule has 3 aliphatic rings. The van der Waals surface area contributed by atoms with Crippen LogP contribution < -0.4 is 10.2 Å². The van der Waals surface area contributed by atoms with Crippen molar-refractivity contribution in [1.29, 1.82) is 0 Å². The van der Waals surface area contributed by atoms with Gasteiger partial charge in [0.25, 0.3) is 0 Å². The first-order valence-corrected chi connectivity index (χ1v) is 11.5. The maximum Gasteiger partial charge on any atom is 0.247 e. The first-order valence-electron chi connectivity index (χ1n) is 11.1. The Morgan fingerprint density at radius 2 is 1.50 bits per heavy atom. The number of rotatable bonds is 3. The zero-order valence-electron chi connectivity index (χ0n) is 18.0. The lowest BCUT2D eigenvalue weighted by molar-refractivity contribution is -0.128. The third kappa shape index (κ3) is 3.06. The number of halogens is 1. The molecule has 3 heterocycles. The number of carbonyl (C=O) groups is 3. The number of fused-ring (bicyclic) bond motifs is 5. The van der Waals surface area contributed by atoms with Gasteiger partial charge < -0.3 is 10.2 Å². The standard InChI is InChI=1S/C27H20ClN3O3/c28-17-10-12-18(13-11-17)29-25(32)24-22-21(23-20-9-5-4-6-16(20)14-15-30(23)24)26(33)31(27(22)34)19-7-2-1-3-8-19/h1-15,21-24H,(H,29,32)/t21-,22+,23-,24-/m0/s1. The van der Waals surface area contributed by atoms with Crippen LogP contribution in [0, 0.1) is 11.8 Å². The molecule has 2 saturated heterocycles. The van der Waals surface area contributed by atoms with Crippen LogP contribution in [0.4, 0.5) is 11.4 Å². The van der Waals surface area contributed by atoms with Gasteiger partial charge in [-0.3, -0.25) is 14.4 Å². The summed E-state index contributed by atoms with van der Waals surface area (Å²) in [6.07, 6.45) is 3.77. The van der Waals surface area contributed by atoms with E-state index in [0.717, 1.165) is 11.1 Å². The Morgan fingerprint density at radius 3 is 2.26 bits per heavy atom. The quantitative estimate of drug-likeness (QED) is 0.574. The smallest absolute Gasteiger partial charge is 0.247 e. The Hall–Kier alpha value is -3.90. The lowest BCUT2D eigenvalue weighted by atomic mass is 9.84. The van der Waals surface area contributed by atoms with E-state index in [4.69, 9.17) is 11.6 Å². The lowest BCUT2D eigenvalue weighted by Crippen LogP contribution is -2.46. The van der Waals surface area contributed by atoms with Crippen LogP contribution in [0.1, 0.15) is 17.2 Å². The zero-order chi connectivity index (χ0) is 23.4. The number of anilines is 2. The van der Waals surface area contributed by atoms with Gasteiger partial charge in [-0.2, -0.15) is 0 Å². The van der Waals surface area contributed by atoms with Crippen LogP contribution in [0.3, 0.4) is 0 Å². The maximum absolute atomic E-state index is 13.7. The van der Waals surface area contributed by atoms with E-state index in [1.807, 2.05) is 47.5 Å². The Balaban J connectivity index is 1.44. The van der Waals surface area contributed by atoms with Crippen LogP contribution in [0.5, 0.6) is 0 Å². The molecule has 0 radical (unpaired) electrons. The molecule has 2 fully saturated rings. The Morgan fingerprint density at radius 1 is 0.824 bits per heavy atom. The minimum atomic E-state index is -0.833. The number of carbonyl (C=O) groups excluding carboxylic acids is 3. The summed E-state index contributed by atoms with van der Waals surface area (Å²) in [4.78, 5) is 44.2. The summed E-state index contributed by atoms with van der Waals surface area (Å²) in [6.45, 7) is 0. The molecule has 3 aliphatic heterocycles. The summed E-state index contributed by atoms with van der Waals surface area (Å²) in [5.74, 6) is -2.43. The molecule has 3 aromatic rings. The van der Waals surface area contributed by atoms with Crippen LogP contribution in [-0.4, -0.2) is 28.7 Å². The zero-order valence-corrected chi connectivity index (χ0v) is 18.7. The van der Waals surface area contributed by atoms with Crippen LogP contribution in [-0.2, 0) is 14.4 Å². The third-order valence-corrected chi connectivity index (χ3v) is 7.11. The highest BCUT2D eigenvalue weighted by Crippen LogP contribution is 2.53. The molecule has 3 aromatic carbocycles. The molecule has 0 aliphatic carbocycles. The van der Waals surface area contributed by atoms with Gasteiger partial charge in [-0.25, -0.2) is 4.90 Å². The van der Waals surface area contributed by atoms with Gasteiger partial charge in [0, 0.05) is 16.9 Å². The van der Waals surface area contributed by atoms with E-state index in [0.29, 0.717) is 16.4 Å². The van der Waals surface area contributed by atoms with Crippen molar-refractivity contribution in [3.05, 3.63) is 101 Å². The Bertz CT molecular complexity index is 1340. The predicted octanol–water partition coefficient (Wildman–Crippen LogP) is 4.49. The molecule has 6 rings (SSSR count). The lowest BCUT2D eigenvalue weighted by Gasteiger charge is -2.35. The van der Waals surface area contributed by atoms with Crippen molar-refractivity contribution < 1.29 is 14.4 Å². The van der Waals surface area contributed by atoms with Gasteiger partial charge in [-0.05, 0) is 53.6 Å². The second-order valence-corrected chi connectivity index (χ2v) is 9.11. The van der Waals surface area contributed by atoms with Crippen LogP contribution in [0.25, 0.3) is 6.08 Å². The fraction of sp³-hybridized carbons (Fsp3) is 0.148. The maximum atomic E-state index is 13.7. The molecule has 7 heteroatoms. The summed E-state index contributed by atoms with van der Waals surface area (Å²) in [6, 6.07) is 22.3. The van der Waals surface area contributed by atoms with E-state index in [2.05, 4.69) is 5.32 Å². The molecule has 34 heavy (non-hydrogen) atoms. The minimum absolute atomic E-state index is 0.275. The summed E-state index contributed by atoms with van der Waals surface area (Å²) in [7, 11) is 0. The van der Waals surface area contributed by atoms with Crippen molar-refractivity contribution in [2.75, 3.05) is 10.2 Å². The van der Waals surface area contributed by atoms with Gasteiger partial charge >= 0.3 is 0 Å². The van der Waals surface area contributed by atoms with Gasteiger partial charge in [0.2, 0.25) is 17.7 Å². The molecular weight excluding hydrogens is 450 g/mol. The van der Waals surface area contributed by atoms with Crippen molar-refractivity contribution in [1.82, 2.24) is 4.90 Å². The molecule has 168 valence electrons. The SMILES string of the molecule is O=C(Nc1ccc(Cl)cc1)[C@@H]1[C@@H]2C(=O)N(c3ccccc3)C(=O)[C@@H]2[C@@H]2c3ccccc3C=CN12. The highest BCUT2D eigenvalue weighted by Gasteiger charge is 2.64. The number of para-hydroxylation sites is 1. The number of nitrogens with zero attached hydrogens (tertiary/aromatic N) is 2. The first-order chi connectivity index (χ1) is 16.5. The average Bonchev–Trinajstić information content (AvgIpc) is 3.33. The highest BCUT2D eigenvalue weighted by molar-refractivity contribution is 6.30. The van der Waals surface area contributed by atoms with Crippen molar-refractivity contribution in [2.24, 2.45) is 11.8 Å². The Labute approximate surface area is 201 Å². The van der Waals surface area contributed by atoms with Gasteiger partial charge in [-0.15, -0.1) is 0 Å². The van der Waals surface area contributed by atoms with Crippen molar-refractivity contribution in [3.63, 3.8) is 0 Å². The monoisotopic (exact) mass is 469 g/mol. The Kier molecular flexibility index (Phi) is 4.78. The summed E-state index contributed by atoms with van der Waals surface area (Å²) in [5, 5.41) is 3.48. The second kappa shape index (κ2) is 7.85. The van der Waals surface area contributed by atoms with Crippen molar-refractivity contribution in [2.45, 2.75) is 12.1 Å². The van der Waals surface area contributed by atoms with E-state index in [1.54, 1.807) is 48.5 Å². The first kappa shape index (κ1) is 20.7. The van der Waals surface area contributed by atoms with Crippen molar-refractivity contribution >= 4 is 46.8 Å². The third-order valence-electron chi connectivity index (χ3n) is 6.86. The van der Waals surface area contributed by atoms with Crippen LogP contribution >= 0.6 is 11.6 Å². The number of hydrogen-bond donors (Lipinski definition) is 1. The molecule has 0 bridgehead atoms. The van der Waals surface area contributed by atoms with Crippen molar-refractivity contribution in [3.8, 4) is 0 Å². The van der Waals surface area contributed by atoms with Crippen LogP contribution in [0.15, 0.2) is 85.1 Å². The second-order valence-electron chi connectivity index (χ2n) is 8.68. The van der Waals surface area contributed by atoms with Gasteiger partial charge in [-0.1, -0.05) is 54.1 Å². The number of nitrogens with one attached hydrogen (secondary N) is 1. The minimum Gasteiger partial charge on any atom is -0.357 e.